The number of nitrogen functional groups attached to an aromatic ring is 1. The topological polar surface area (TPSA) is 72.9 Å². The summed E-state index contributed by atoms with van der Waals surface area (Å²) in [5, 5.41) is 5.04. The van der Waals surface area contributed by atoms with Crippen molar-refractivity contribution in [3.8, 4) is 0 Å². The lowest BCUT2D eigenvalue weighted by Crippen LogP contribution is -2.25. The van der Waals surface area contributed by atoms with E-state index in [0.29, 0.717) is 5.82 Å². The van der Waals surface area contributed by atoms with Crippen LogP contribution in [-0.4, -0.2) is 37.7 Å². The number of likely N-dealkylation sites (tertiary alicyclic amines) is 1. The normalized spacial score (nSPS) is 20.8. The van der Waals surface area contributed by atoms with Gasteiger partial charge in [0.1, 0.15) is 11.6 Å². The molecule has 21 heavy (non-hydrogen) atoms. The third-order valence-electron chi connectivity index (χ3n) is 4.55. The van der Waals surface area contributed by atoms with Crippen molar-refractivity contribution in [2.75, 3.05) is 18.8 Å². The van der Waals surface area contributed by atoms with Gasteiger partial charge >= 0.3 is 0 Å². The first-order valence-electron chi connectivity index (χ1n) is 7.83. The second-order valence-corrected chi connectivity index (χ2v) is 6.01. The van der Waals surface area contributed by atoms with Gasteiger partial charge in [-0.15, -0.1) is 0 Å². The van der Waals surface area contributed by atoms with Gasteiger partial charge in [-0.1, -0.05) is 13.3 Å². The van der Waals surface area contributed by atoms with Crippen LogP contribution in [0.3, 0.4) is 0 Å². The van der Waals surface area contributed by atoms with Crippen molar-refractivity contribution in [3.63, 3.8) is 0 Å². The van der Waals surface area contributed by atoms with Crippen molar-refractivity contribution < 1.29 is 0 Å². The monoisotopic (exact) mass is 288 g/mol. The standard InChI is InChI=1S/C15H24N6/c1-3-11-5-4-7-21(8-6-11)10-13-18-14(16)12-9-17-20(2)15(12)19-13/h9,11H,3-8,10H2,1-2H3,(H2,16,18,19). The van der Waals surface area contributed by atoms with Crippen molar-refractivity contribution in [2.45, 2.75) is 39.2 Å². The molecule has 3 heterocycles. The van der Waals surface area contributed by atoms with Gasteiger partial charge in [0, 0.05) is 7.05 Å². The Morgan fingerprint density at radius 3 is 2.95 bits per heavy atom. The minimum Gasteiger partial charge on any atom is -0.383 e. The van der Waals surface area contributed by atoms with Gasteiger partial charge < -0.3 is 5.73 Å². The van der Waals surface area contributed by atoms with Crippen LogP contribution in [0.15, 0.2) is 6.20 Å². The van der Waals surface area contributed by atoms with E-state index >= 15 is 0 Å². The summed E-state index contributed by atoms with van der Waals surface area (Å²) in [6, 6.07) is 0. The van der Waals surface area contributed by atoms with Crippen LogP contribution in [0.5, 0.6) is 0 Å². The van der Waals surface area contributed by atoms with E-state index in [1.54, 1.807) is 10.9 Å². The Kier molecular flexibility index (Phi) is 4.05. The third kappa shape index (κ3) is 3.00. The maximum atomic E-state index is 6.03. The summed E-state index contributed by atoms with van der Waals surface area (Å²) in [7, 11) is 1.89. The maximum absolute atomic E-state index is 6.03. The van der Waals surface area contributed by atoms with E-state index < -0.39 is 0 Å². The molecule has 1 aliphatic rings. The molecule has 0 aromatic carbocycles. The molecule has 0 spiro atoms. The molecule has 0 radical (unpaired) electrons. The Hall–Kier alpha value is -1.69. The van der Waals surface area contributed by atoms with Crippen LogP contribution < -0.4 is 5.73 Å². The quantitative estimate of drug-likeness (QED) is 0.934. The van der Waals surface area contributed by atoms with Crippen LogP contribution in [-0.2, 0) is 13.6 Å². The average Bonchev–Trinajstić information content (AvgIpc) is 2.71. The molecular formula is C15H24N6. The number of fused-ring (bicyclic) bond motifs is 1. The van der Waals surface area contributed by atoms with Crippen LogP contribution in [0, 0.1) is 5.92 Å². The van der Waals surface area contributed by atoms with Crippen LogP contribution in [0.25, 0.3) is 11.0 Å². The van der Waals surface area contributed by atoms with Crippen molar-refractivity contribution in [2.24, 2.45) is 13.0 Å². The fraction of sp³-hybridized carbons (Fsp3) is 0.667. The molecule has 1 unspecified atom stereocenters. The molecular weight excluding hydrogens is 264 g/mol. The third-order valence-corrected chi connectivity index (χ3v) is 4.55. The lowest BCUT2D eigenvalue weighted by Gasteiger charge is -2.19. The minimum absolute atomic E-state index is 0.532. The number of nitrogens with zero attached hydrogens (tertiary/aromatic N) is 5. The zero-order chi connectivity index (χ0) is 14.8. The molecule has 1 saturated heterocycles. The van der Waals surface area contributed by atoms with Crippen LogP contribution >= 0.6 is 0 Å². The first kappa shape index (κ1) is 14.3. The smallest absolute Gasteiger partial charge is 0.163 e. The van der Waals surface area contributed by atoms with E-state index in [1.165, 1.54) is 25.7 Å². The SMILES string of the molecule is CCC1CCCN(Cc2nc(N)c3cnn(C)c3n2)CC1. The lowest BCUT2D eigenvalue weighted by molar-refractivity contribution is 0.266. The van der Waals surface area contributed by atoms with Crippen LogP contribution in [0.1, 0.15) is 38.4 Å². The van der Waals surface area contributed by atoms with Crippen molar-refractivity contribution in [3.05, 3.63) is 12.0 Å². The zero-order valence-electron chi connectivity index (χ0n) is 12.9. The predicted molar refractivity (Wildman–Crippen MR) is 83.6 cm³/mol. The summed E-state index contributed by atoms with van der Waals surface area (Å²) in [6.07, 6.45) is 6.91. The summed E-state index contributed by atoms with van der Waals surface area (Å²) in [5.74, 6) is 2.21. The second-order valence-electron chi connectivity index (χ2n) is 6.01. The van der Waals surface area contributed by atoms with Gasteiger partial charge in [-0.05, 0) is 38.3 Å². The van der Waals surface area contributed by atoms with Gasteiger partial charge in [-0.25, -0.2) is 9.97 Å². The largest absolute Gasteiger partial charge is 0.383 e. The number of aryl methyl sites for hydroxylation is 1. The fourth-order valence-electron chi connectivity index (χ4n) is 3.15. The van der Waals surface area contributed by atoms with E-state index in [4.69, 9.17) is 5.73 Å². The van der Waals surface area contributed by atoms with E-state index in [-0.39, 0.29) is 0 Å². The van der Waals surface area contributed by atoms with Gasteiger partial charge in [-0.3, -0.25) is 9.58 Å². The Balaban J connectivity index is 1.76. The van der Waals surface area contributed by atoms with Crippen LogP contribution in [0.2, 0.25) is 0 Å². The van der Waals surface area contributed by atoms with Crippen molar-refractivity contribution in [1.82, 2.24) is 24.6 Å². The van der Waals surface area contributed by atoms with Crippen molar-refractivity contribution in [1.29, 1.82) is 0 Å². The molecule has 2 aromatic heterocycles. The molecule has 114 valence electrons. The predicted octanol–water partition coefficient (Wildman–Crippen LogP) is 1.96. The van der Waals surface area contributed by atoms with E-state index in [9.17, 15) is 0 Å². The molecule has 3 rings (SSSR count). The number of aromatic nitrogens is 4. The Morgan fingerprint density at radius 2 is 2.14 bits per heavy atom. The zero-order valence-corrected chi connectivity index (χ0v) is 12.9. The highest BCUT2D eigenvalue weighted by Gasteiger charge is 2.17. The second kappa shape index (κ2) is 5.97. The molecule has 1 aliphatic heterocycles. The van der Waals surface area contributed by atoms with E-state index in [1.807, 2.05) is 7.05 Å². The van der Waals surface area contributed by atoms with Gasteiger partial charge in [0.05, 0.1) is 18.1 Å². The van der Waals surface area contributed by atoms with Crippen molar-refractivity contribution >= 4 is 16.9 Å². The molecule has 0 amide bonds. The molecule has 6 heteroatoms. The molecule has 0 aliphatic carbocycles. The lowest BCUT2D eigenvalue weighted by atomic mass is 9.98. The molecule has 6 nitrogen and oxygen atoms in total. The average molecular weight is 288 g/mol. The molecule has 1 atom stereocenters. The molecule has 0 bridgehead atoms. The highest BCUT2D eigenvalue weighted by molar-refractivity contribution is 5.84. The molecule has 2 aromatic rings. The number of rotatable bonds is 3. The van der Waals surface area contributed by atoms with Gasteiger partial charge in [0.15, 0.2) is 5.65 Å². The van der Waals surface area contributed by atoms with Crippen LogP contribution in [0.4, 0.5) is 5.82 Å². The Bertz CT molecular complexity index is 620. The highest BCUT2D eigenvalue weighted by Crippen LogP contribution is 2.22. The summed E-state index contributed by atoms with van der Waals surface area (Å²) < 4.78 is 1.76. The first-order valence-corrected chi connectivity index (χ1v) is 7.83. The highest BCUT2D eigenvalue weighted by atomic mass is 15.3. The maximum Gasteiger partial charge on any atom is 0.163 e. The number of hydrogen-bond donors (Lipinski definition) is 1. The Morgan fingerprint density at radius 1 is 1.29 bits per heavy atom. The van der Waals surface area contributed by atoms with E-state index in [2.05, 4.69) is 26.9 Å². The molecule has 1 fully saturated rings. The first-order chi connectivity index (χ1) is 10.2. The van der Waals surface area contributed by atoms with Gasteiger partial charge in [0.25, 0.3) is 0 Å². The van der Waals surface area contributed by atoms with Gasteiger partial charge in [-0.2, -0.15) is 5.10 Å². The fourth-order valence-corrected chi connectivity index (χ4v) is 3.15. The minimum atomic E-state index is 0.532. The number of anilines is 1. The number of hydrogen-bond acceptors (Lipinski definition) is 5. The summed E-state index contributed by atoms with van der Waals surface area (Å²) in [5.41, 5.74) is 6.85. The Labute approximate surface area is 125 Å². The van der Waals surface area contributed by atoms with Gasteiger partial charge in [0.2, 0.25) is 0 Å². The number of nitrogens with two attached hydrogens (primary N) is 1. The molecule has 2 N–H and O–H groups in total. The summed E-state index contributed by atoms with van der Waals surface area (Å²) in [6.45, 7) is 5.33. The molecule has 0 saturated carbocycles. The summed E-state index contributed by atoms with van der Waals surface area (Å²) >= 11 is 0. The summed E-state index contributed by atoms with van der Waals surface area (Å²) in [4.78, 5) is 11.5. The van der Waals surface area contributed by atoms with E-state index in [0.717, 1.165) is 42.4 Å².